The van der Waals surface area contributed by atoms with Crippen LogP contribution in [0.5, 0.6) is 0 Å². The molecule has 2 heterocycles. The normalized spacial score (nSPS) is 21.1. The number of rotatable bonds is 3. The Morgan fingerprint density at radius 2 is 2.23 bits per heavy atom. The Balaban J connectivity index is 1.59. The lowest BCUT2D eigenvalue weighted by Gasteiger charge is -2.24. The zero-order chi connectivity index (χ0) is 21.0. The Morgan fingerprint density at radius 1 is 1.40 bits per heavy atom. The summed E-state index contributed by atoms with van der Waals surface area (Å²) in [5.74, 6) is -0.693. The van der Waals surface area contributed by atoms with Crippen LogP contribution in [-0.4, -0.2) is 34.0 Å². The van der Waals surface area contributed by atoms with Gasteiger partial charge in [-0.05, 0) is 71.1 Å². The fraction of sp³-hybridized carbons (Fsp3) is 0.318. The Labute approximate surface area is 186 Å². The number of oxazole rings is 1. The summed E-state index contributed by atoms with van der Waals surface area (Å²) >= 11 is 9.83. The summed E-state index contributed by atoms with van der Waals surface area (Å²) in [6.45, 7) is 1.29. The van der Waals surface area contributed by atoms with Gasteiger partial charge in [0.2, 0.25) is 5.89 Å². The SMILES string of the molecule is N#Cc1c2c(cc3nc(-c4cccc(Br)c4Cl)oc13)[C@H](N1CC[C@@H](C(=O)O)C1)CC2. The molecule has 1 aliphatic heterocycles. The molecule has 30 heavy (non-hydrogen) atoms. The van der Waals surface area contributed by atoms with Gasteiger partial charge in [-0.3, -0.25) is 9.69 Å². The van der Waals surface area contributed by atoms with E-state index in [2.05, 4.69) is 31.9 Å². The molecule has 0 unspecified atom stereocenters. The van der Waals surface area contributed by atoms with E-state index in [1.165, 1.54) is 0 Å². The first kappa shape index (κ1) is 19.6. The minimum absolute atomic E-state index is 0.107. The predicted molar refractivity (Wildman–Crippen MR) is 115 cm³/mol. The number of halogens is 2. The van der Waals surface area contributed by atoms with Crippen LogP contribution in [0, 0.1) is 17.2 Å². The van der Waals surface area contributed by atoms with E-state index in [0.717, 1.165) is 35.0 Å². The molecular formula is C22H17BrClN3O3. The quantitative estimate of drug-likeness (QED) is 0.549. The van der Waals surface area contributed by atoms with Crippen LogP contribution in [0.15, 0.2) is 33.2 Å². The molecule has 0 amide bonds. The van der Waals surface area contributed by atoms with Crippen LogP contribution in [0.25, 0.3) is 22.6 Å². The maximum atomic E-state index is 11.4. The van der Waals surface area contributed by atoms with Gasteiger partial charge in [0, 0.05) is 17.1 Å². The van der Waals surface area contributed by atoms with Crippen molar-refractivity contribution in [2.24, 2.45) is 5.92 Å². The highest BCUT2D eigenvalue weighted by molar-refractivity contribution is 9.10. The Kier molecular flexibility index (Phi) is 4.81. The maximum absolute atomic E-state index is 11.4. The lowest BCUT2D eigenvalue weighted by Crippen LogP contribution is -2.26. The van der Waals surface area contributed by atoms with Crippen molar-refractivity contribution in [1.82, 2.24) is 9.88 Å². The van der Waals surface area contributed by atoms with E-state index in [1.54, 1.807) is 0 Å². The zero-order valence-electron chi connectivity index (χ0n) is 15.9. The van der Waals surface area contributed by atoms with Crippen LogP contribution in [0.2, 0.25) is 5.02 Å². The molecule has 1 fully saturated rings. The van der Waals surface area contributed by atoms with E-state index in [9.17, 15) is 15.2 Å². The van der Waals surface area contributed by atoms with E-state index in [0.29, 0.717) is 46.1 Å². The number of hydrogen-bond acceptors (Lipinski definition) is 5. The Bertz CT molecular complexity index is 1230. The van der Waals surface area contributed by atoms with Gasteiger partial charge in [0.05, 0.1) is 16.5 Å². The van der Waals surface area contributed by atoms with Crippen molar-refractivity contribution in [3.05, 3.63) is 50.5 Å². The highest BCUT2D eigenvalue weighted by Crippen LogP contribution is 2.43. The molecule has 1 saturated heterocycles. The number of carboxylic acid groups (broad SMARTS) is 1. The number of likely N-dealkylation sites (tertiary alicyclic amines) is 1. The summed E-state index contributed by atoms with van der Waals surface area (Å²) in [4.78, 5) is 18.2. The van der Waals surface area contributed by atoms with Gasteiger partial charge in [0.15, 0.2) is 5.58 Å². The molecule has 1 aromatic heterocycles. The van der Waals surface area contributed by atoms with Crippen molar-refractivity contribution >= 4 is 44.6 Å². The van der Waals surface area contributed by atoms with Crippen molar-refractivity contribution in [2.45, 2.75) is 25.3 Å². The fourth-order valence-corrected chi connectivity index (χ4v) is 5.25. The predicted octanol–water partition coefficient (Wildman–Crippen LogP) is 5.18. The standard InChI is InChI=1S/C22H17BrClN3O3/c23-16-3-1-2-13(19(16)24)21-26-17-8-14-12(15(9-25)20(17)30-21)4-5-18(14)27-7-6-11(10-27)22(28)29/h1-3,8,11,18H,4-7,10H2,(H,28,29)/t11-,18-/m1/s1. The van der Waals surface area contributed by atoms with Gasteiger partial charge in [0.1, 0.15) is 17.1 Å². The van der Waals surface area contributed by atoms with Crippen LogP contribution in [0.1, 0.15) is 35.6 Å². The molecule has 0 radical (unpaired) electrons. The number of nitriles is 1. The lowest BCUT2D eigenvalue weighted by molar-refractivity contribution is -0.141. The van der Waals surface area contributed by atoms with Crippen molar-refractivity contribution < 1.29 is 14.3 Å². The summed E-state index contributed by atoms with van der Waals surface area (Å²) in [6.07, 6.45) is 2.29. The van der Waals surface area contributed by atoms with Crippen LogP contribution >= 0.6 is 27.5 Å². The first-order valence-corrected chi connectivity index (χ1v) is 10.9. The molecule has 0 spiro atoms. The van der Waals surface area contributed by atoms with Gasteiger partial charge in [-0.25, -0.2) is 4.98 Å². The van der Waals surface area contributed by atoms with E-state index >= 15 is 0 Å². The van der Waals surface area contributed by atoms with Gasteiger partial charge in [-0.15, -0.1) is 0 Å². The topological polar surface area (TPSA) is 90.4 Å². The molecule has 1 aliphatic carbocycles. The van der Waals surface area contributed by atoms with Crippen LogP contribution < -0.4 is 0 Å². The summed E-state index contributed by atoms with van der Waals surface area (Å²) in [5, 5.41) is 19.7. The highest BCUT2D eigenvalue weighted by Gasteiger charge is 2.37. The summed E-state index contributed by atoms with van der Waals surface area (Å²) < 4.78 is 6.76. The molecule has 152 valence electrons. The second kappa shape index (κ2) is 7.38. The van der Waals surface area contributed by atoms with Gasteiger partial charge in [-0.2, -0.15) is 5.26 Å². The van der Waals surface area contributed by atoms with E-state index in [4.69, 9.17) is 16.0 Å². The Hall–Kier alpha value is -2.40. The first-order chi connectivity index (χ1) is 14.5. The first-order valence-electron chi connectivity index (χ1n) is 9.75. The average molecular weight is 487 g/mol. The molecule has 0 saturated carbocycles. The molecule has 8 heteroatoms. The second-order valence-corrected chi connectivity index (χ2v) is 9.01. The third-order valence-electron chi connectivity index (χ3n) is 6.15. The number of hydrogen-bond donors (Lipinski definition) is 1. The van der Waals surface area contributed by atoms with E-state index in [1.807, 2.05) is 24.3 Å². The number of nitrogens with zero attached hydrogens (tertiary/aromatic N) is 3. The van der Waals surface area contributed by atoms with Crippen LogP contribution in [0.3, 0.4) is 0 Å². The van der Waals surface area contributed by atoms with Gasteiger partial charge >= 0.3 is 5.97 Å². The lowest BCUT2D eigenvalue weighted by atomic mass is 10.0. The molecule has 6 nitrogen and oxygen atoms in total. The number of fused-ring (bicyclic) bond motifs is 2. The van der Waals surface area contributed by atoms with Crippen LogP contribution in [0.4, 0.5) is 0 Å². The Morgan fingerprint density at radius 3 is 2.97 bits per heavy atom. The maximum Gasteiger partial charge on any atom is 0.307 e. The van der Waals surface area contributed by atoms with Crippen molar-refractivity contribution in [3.8, 4) is 17.5 Å². The molecule has 3 aromatic rings. The largest absolute Gasteiger partial charge is 0.481 e. The van der Waals surface area contributed by atoms with Crippen molar-refractivity contribution in [3.63, 3.8) is 0 Å². The molecule has 2 aliphatic rings. The van der Waals surface area contributed by atoms with Crippen molar-refractivity contribution in [2.75, 3.05) is 13.1 Å². The number of aromatic nitrogens is 1. The number of benzene rings is 2. The molecule has 5 rings (SSSR count). The fourth-order valence-electron chi connectivity index (χ4n) is 4.68. The monoisotopic (exact) mass is 485 g/mol. The van der Waals surface area contributed by atoms with E-state index < -0.39 is 5.97 Å². The average Bonchev–Trinajstić information content (AvgIpc) is 3.45. The third-order valence-corrected chi connectivity index (χ3v) is 7.45. The highest BCUT2D eigenvalue weighted by atomic mass is 79.9. The molecular weight excluding hydrogens is 470 g/mol. The zero-order valence-corrected chi connectivity index (χ0v) is 18.2. The van der Waals surface area contributed by atoms with Crippen LogP contribution in [-0.2, 0) is 11.2 Å². The minimum atomic E-state index is -0.740. The summed E-state index contributed by atoms with van der Waals surface area (Å²) in [5.41, 5.74) is 4.32. The van der Waals surface area contributed by atoms with Crippen molar-refractivity contribution in [1.29, 1.82) is 5.26 Å². The second-order valence-electron chi connectivity index (χ2n) is 7.77. The van der Waals surface area contributed by atoms with Gasteiger partial charge in [0.25, 0.3) is 0 Å². The summed E-state index contributed by atoms with van der Waals surface area (Å²) in [7, 11) is 0. The summed E-state index contributed by atoms with van der Waals surface area (Å²) in [6, 6.07) is 9.94. The van der Waals surface area contributed by atoms with E-state index in [-0.39, 0.29) is 12.0 Å². The smallest absolute Gasteiger partial charge is 0.307 e. The number of carboxylic acids is 1. The minimum Gasteiger partial charge on any atom is -0.481 e. The number of carbonyl (C=O) groups is 1. The molecule has 2 aromatic carbocycles. The van der Waals surface area contributed by atoms with Gasteiger partial charge < -0.3 is 9.52 Å². The third kappa shape index (κ3) is 3.02. The number of aliphatic carboxylic acids is 1. The molecule has 1 N–H and O–H groups in total. The molecule has 0 bridgehead atoms. The molecule has 2 atom stereocenters. The van der Waals surface area contributed by atoms with Gasteiger partial charge in [-0.1, -0.05) is 17.7 Å².